The van der Waals surface area contributed by atoms with E-state index in [1.54, 1.807) is 11.3 Å². The highest BCUT2D eigenvalue weighted by atomic mass is 32.1. The first-order valence-electron chi connectivity index (χ1n) is 7.03. The molecule has 2 rings (SSSR count). The van der Waals surface area contributed by atoms with E-state index in [1.807, 2.05) is 42.8 Å². The van der Waals surface area contributed by atoms with Crippen molar-refractivity contribution < 1.29 is 4.79 Å². The predicted octanol–water partition coefficient (Wildman–Crippen LogP) is 3.74. The molecule has 1 aromatic carbocycles. The summed E-state index contributed by atoms with van der Waals surface area (Å²) in [6.45, 7) is 10.5. The Morgan fingerprint density at radius 2 is 1.81 bits per heavy atom. The molecule has 1 aromatic heterocycles. The third kappa shape index (κ3) is 3.16. The van der Waals surface area contributed by atoms with Gasteiger partial charge < -0.3 is 4.57 Å². The van der Waals surface area contributed by atoms with E-state index >= 15 is 0 Å². The van der Waals surface area contributed by atoms with Gasteiger partial charge in [-0.05, 0) is 30.9 Å². The highest BCUT2D eigenvalue weighted by Gasteiger charge is 2.21. The van der Waals surface area contributed by atoms with Gasteiger partial charge in [0.25, 0.3) is 5.91 Å². The van der Waals surface area contributed by atoms with Crippen LogP contribution in [0.5, 0.6) is 0 Å². The summed E-state index contributed by atoms with van der Waals surface area (Å²) in [4.78, 5) is 18.7. The van der Waals surface area contributed by atoms with Crippen LogP contribution < -0.4 is 4.80 Å². The molecule has 21 heavy (non-hydrogen) atoms. The molecule has 0 spiro atoms. The predicted molar refractivity (Wildman–Crippen MR) is 87.8 cm³/mol. The van der Waals surface area contributed by atoms with E-state index in [0.29, 0.717) is 5.56 Å². The summed E-state index contributed by atoms with van der Waals surface area (Å²) >= 11 is 1.60. The van der Waals surface area contributed by atoms with Crippen LogP contribution in [0.25, 0.3) is 0 Å². The third-order valence-corrected chi connectivity index (χ3v) is 5.23. The average Bonchev–Trinajstić information content (AvgIpc) is 2.67. The number of carbonyl (C=O) groups excluding carboxylic acids is 1. The van der Waals surface area contributed by atoms with Gasteiger partial charge in [-0.25, -0.2) is 0 Å². The van der Waals surface area contributed by atoms with Gasteiger partial charge in [0, 0.05) is 23.2 Å². The van der Waals surface area contributed by atoms with Crippen molar-refractivity contribution in [1.29, 1.82) is 0 Å². The van der Waals surface area contributed by atoms with Crippen LogP contribution >= 0.6 is 11.3 Å². The van der Waals surface area contributed by atoms with Crippen LogP contribution in [-0.4, -0.2) is 10.5 Å². The molecule has 0 aliphatic carbocycles. The Morgan fingerprint density at radius 1 is 1.19 bits per heavy atom. The van der Waals surface area contributed by atoms with Gasteiger partial charge in [-0.2, -0.15) is 4.99 Å². The van der Waals surface area contributed by atoms with Gasteiger partial charge in [-0.1, -0.05) is 39.0 Å². The van der Waals surface area contributed by atoms with Crippen LogP contribution in [-0.2, 0) is 12.5 Å². The summed E-state index contributed by atoms with van der Waals surface area (Å²) in [7, 11) is 1.96. The molecule has 2 aromatic rings. The molecule has 1 heterocycles. The summed E-state index contributed by atoms with van der Waals surface area (Å²) in [6.07, 6.45) is 0. The second-order valence-electron chi connectivity index (χ2n) is 6.34. The molecule has 0 atom stereocenters. The molecular weight excluding hydrogens is 280 g/mol. The lowest BCUT2D eigenvalue weighted by atomic mass is 9.93. The Kier molecular flexibility index (Phi) is 4.19. The minimum atomic E-state index is -0.176. The molecule has 0 unspecified atom stereocenters. The maximum absolute atomic E-state index is 12.4. The van der Waals surface area contributed by atoms with Gasteiger partial charge in [-0.3, -0.25) is 4.79 Å². The van der Waals surface area contributed by atoms with E-state index in [2.05, 4.69) is 32.7 Å². The zero-order valence-corrected chi connectivity index (χ0v) is 14.3. The molecule has 1 amide bonds. The summed E-state index contributed by atoms with van der Waals surface area (Å²) in [6, 6.07) is 7.56. The first-order chi connectivity index (χ1) is 9.71. The Hall–Kier alpha value is -1.68. The van der Waals surface area contributed by atoms with Crippen LogP contribution in [0.4, 0.5) is 0 Å². The second-order valence-corrected chi connectivity index (χ2v) is 7.32. The average molecular weight is 302 g/mol. The Bertz CT molecular complexity index is 745. The normalized spacial score (nSPS) is 12.8. The minimum absolute atomic E-state index is 0.0615. The Labute approximate surface area is 130 Å². The van der Waals surface area contributed by atoms with Crippen molar-refractivity contribution in [2.75, 3.05) is 0 Å². The topological polar surface area (TPSA) is 34.4 Å². The highest BCUT2D eigenvalue weighted by Crippen LogP contribution is 2.27. The molecule has 0 bridgehead atoms. The van der Waals surface area contributed by atoms with Crippen LogP contribution in [0.2, 0.25) is 0 Å². The van der Waals surface area contributed by atoms with E-state index in [-0.39, 0.29) is 11.3 Å². The first kappa shape index (κ1) is 15.7. The fourth-order valence-corrected chi connectivity index (χ4v) is 3.46. The number of aryl methyl sites for hydroxylation is 1. The summed E-state index contributed by atoms with van der Waals surface area (Å²) in [5.74, 6) is -0.176. The maximum Gasteiger partial charge on any atom is 0.279 e. The first-order valence-corrected chi connectivity index (χ1v) is 7.85. The number of hydrogen-bond acceptors (Lipinski definition) is 2. The van der Waals surface area contributed by atoms with Crippen molar-refractivity contribution in [2.24, 2.45) is 12.0 Å². The van der Waals surface area contributed by atoms with Gasteiger partial charge in [0.1, 0.15) is 0 Å². The zero-order chi connectivity index (χ0) is 15.8. The largest absolute Gasteiger partial charge is 0.324 e. The number of hydrogen-bond donors (Lipinski definition) is 0. The fraction of sp³-hybridized carbons (Fsp3) is 0.412. The van der Waals surface area contributed by atoms with Gasteiger partial charge in [0.05, 0.1) is 0 Å². The number of rotatable bonds is 1. The van der Waals surface area contributed by atoms with Gasteiger partial charge >= 0.3 is 0 Å². The molecule has 0 saturated heterocycles. The molecule has 0 saturated carbocycles. The van der Waals surface area contributed by atoms with Gasteiger partial charge in [-0.15, -0.1) is 11.3 Å². The standard InChI is InChI=1S/C17H22N2OS/c1-11-9-7-8-10-13(11)15(20)18-16-19(6)12(2)14(21-16)17(3,4)5/h7-10H,1-6H3. The Morgan fingerprint density at radius 3 is 2.33 bits per heavy atom. The smallest absolute Gasteiger partial charge is 0.279 e. The highest BCUT2D eigenvalue weighted by molar-refractivity contribution is 7.09. The molecule has 0 fully saturated rings. The quantitative estimate of drug-likeness (QED) is 0.790. The molecule has 0 aliphatic rings. The lowest BCUT2D eigenvalue weighted by molar-refractivity contribution is 0.0997. The van der Waals surface area contributed by atoms with Crippen molar-refractivity contribution in [3.8, 4) is 0 Å². The van der Waals surface area contributed by atoms with E-state index in [0.717, 1.165) is 10.4 Å². The maximum atomic E-state index is 12.4. The second kappa shape index (κ2) is 5.60. The lowest BCUT2D eigenvalue weighted by Crippen LogP contribution is -2.15. The molecule has 0 radical (unpaired) electrons. The van der Waals surface area contributed by atoms with E-state index in [1.165, 1.54) is 10.6 Å². The third-order valence-electron chi connectivity index (χ3n) is 3.57. The van der Waals surface area contributed by atoms with Crippen molar-refractivity contribution >= 4 is 17.2 Å². The number of nitrogens with zero attached hydrogens (tertiary/aromatic N) is 2. The molecule has 0 N–H and O–H groups in total. The summed E-state index contributed by atoms with van der Waals surface area (Å²) < 4.78 is 2.00. The van der Waals surface area contributed by atoms with Crippen LogP contribution in [0.1, 0.15) is 47.3 Å². The van der Waals surface area contributed by atoms with Gasteiger partial charge in [0.15, 0.2) is 4.80 Å². The van der Waals surface area contributed by atoms with Crippen molar-refractivity contribution in [3.05, 3.63) is 50.8 Å². The number of carbonyl (C=O) groups is 1. The van der Waals surface area contributed by atoms with E-state index in [9.17, 15) is 4.79 Å². The van der Waals surface area contributed by atoms with Crippen molar-refractivity contribution in [3.63, 3.8) is 0 Å². The number of amides is 1. The Balaban J connectivity index is 2.53. The van der Waals surface area contributed by atoms with Crippen molar-refractivity contribution in [1.82, 2.24) is 4.57 Å². The molecule has 4 heteroatoms. The summed E-state index contributed by atoms with van der Waals surface area (Å²) in [5.41, 5.74) is 2.86. The van der Waals surface area contributed by atoms with Crippen LogP contribution in [0.3, 0.4) is 0 Å². The monoisotopic (exact) mass is 302 g/mol. The van der Waals surface area contributed by atoms with Crippen LogP contribution in [0.15, 0.2) is 29.3 Å². The van der Waals surface area contributed by atoms with Gasteiger partial charge in [0.2, 0.25) is 0 Å². The fourth-order valence-electron chi connectivity index (χ4n) is 2.28. The molecular formula is C17H22N2OS. The van der Waals surface area contributed by atoms with Crippen molar-refractivity contribution in [2.45, 2.75) is 40.0 Å². The molecule has 112 valence electrons. The van der Waals surface area contributed by atoms with Crippen LogP contribution in [0, 0.1) is 13.8 Å². The molecule has 0 aliphatic heterocycles. The molecule has 3 nitrogen and oxygen atoms in total. The van der Waals surface area contributed by atoms with E-state index < -0.39 is 0 Å². The number of thiazole rings is 1. The number of benzene rings is 1. The minimum Gasteiger partial charge on any atom is -0.324 e. The SMILES string of the molecule is Cc1ccccc1C(=O)N=c1sc(C(C)(C)C)c(C)n1C. The summed E-state index contributed by atoms with van der Waals surface area (Å²) in [5, 5.41) is 0. The number of aromatic nitrogens is 1. The zero-order valence-electron chi connectivity index (χ0n) is 13.5. The lowest BCUT2D eigenvalue weighted by Gasteiger charge is -2.17. The van der Waals surface area contributed by atoms with E-state index in [4.69, 9.17) is 0 Å².